The second kappa shape index (κ2) is 11.1. The van der Waals surface area contributed by atoms with Crippen molar-refractivity contribution in [3.05, 3.63) is 0 Å². The van der Waals surface area contributed by atoms with Crippen molar-refractivity contribution >= 4 is 11.9 Å². The molecule has 0 saturated heterocycles. The first kappa shape index (κ1) is 17.4. The standard InChI is InChI=1S/C14H27N5O2/c1-4-8-15-12-17-13(16-9-7-11-20-6-3)19-14(18-12)21-10-5-2/h4-11H2,1-3H3,(H2,15,16,17,18,19). The summed E-state index contributed by atoms with van der Waals surface area (Å²) in [5.74, 6) is 1.08. The molecule has 120 valence electrons. The molecule has 0 saturated carbocycles. The van der Waals surface area contributed by atoms with Gasteiger partial charge in [-0.1, -0.05) is 13.8 Å². The van der Waals surface area contributed by atoms with Gasteiger partial charge < -0.3 is 20.1 Å². The van der Waals surface area contributed by atoms with E-state index in [9.17, 15) is 0 Å². The highest BCUT2D eigenvalue weighted by Crippen LogP contribution is 2.11. The lowest BCUT2D eigenvalue weighted by Crippen LogP contribution is -2.13. The van der Waals surface area contributed by atoms with Gasteiger partial charge in [0.15, 0.2) is 0 Å². The Kier molecular flexibility index (Phi) is 9.19. The molecule has 0 aromatic carbocycles. The predicted molar refractivity (Wildman–Crippen MR) is 84.0 cm³/mol. The van der Waals surface area contributed by atoms with Crippen LogP contribution in [0.5, 0.6) is 6.01 Å². The Balaban J connectivity index is 2.57. The zero-order valence-electron chi connectivity index (χ0n) is 13.3. The number of aromatic nitrogens is 3. The third-order valence-corrected chi connectivity index (χ3v) is 2.54. The molecule has 1 aromatic rings. The van der Waals surface area contributed by atoms with E-state index >= 15 is 0 Å². The van der Waals surface area contributed by atoms with Crippen molar-refractivity contribution in [1.29, 1.82) is 0 Å². The van der Waals surface area contributed by atoms with E-state index in [0.29, 0.717) is 24.5 Å². The number of rotatable bonds is 12. The summed E-state index contributed by atoms with van der Waals surface area (Å²) in [4.78, 5) is 12.8. The van der Waals surface area contributed by atoms with Gasteiger partial charge in [-0.25, -0.2) is 0 Å². The van der Waals surface area contributed by atoms with Crippen LogP contribution >= 0.6 is 0 Å². The molecule has 21 heavy (non-hydrogen) atoms. The minimum atomic E-state index is 0.359. The minimum absolute atomic E-state index is 0.359. The summed E-state index contributed by atoms with van der Waals surface area (Å²) < 4.78 is 10.8. The maximum Gasteiger partial charge on any atom is 0.323 e. The fraction of sp³-hybridized carbons (Fsp3) is 0.786. The molecule has 0 atom stereocenters. The zero-order chi connectivity index (χ0) is 15.3. The number of nitrogens with zero attached hydrogens (tertiary/aromatic N) is 3. The summed E-state index contributed by atoms with van der Waals surface area (Å²) in [5, 5.41) is 6.33. The average Bonchev–Trinajstić information content (AvgIpc) is 2.50. The maximum atomic E-state index is 5.49. The van der Waals surface area contributed by atoms with Gasteiger partial charge in [-0.3, -0.25) is 0 Å². The van der Waals surface area contributed by atoms with Crippen LogP contribution < -0.4 is 15.4 Å². The number of anilines is 2. The summed E-state index contributed by atoms with van der Waals surface area (Å²) in [6, 6.07) is 0.359. The van der Waals surface area contributed by atoms with Crippen molar-refractivity contribution in [3.8, 4) is 6.01 Å². The van der Waals surface area contributed by atoms with Gasteiger partial charge >= 0.3 is 6.01 Å². The first-order valence-electron chi connectivity index (χ1n) is 7.74. The predicted octanol–water partition coefficient (Wildman–Crippen LogP) is 2.32. The Bertz CT molecular complexity index is 363. The summed E-state index contributed by atoms with van der Waals surface area (Å²) >= 11 is 0. The quantitative estimate of drug-likeness (QED) is 0.573. The van der Waals surface area contributed by atoms with Crippen LogP contribution in [-0.2, 0) is 4.74 Å². The fourth-order valence-electron chi connectivity index (χ4n) is 1.53. The summed E-state index contributed by atoms with van der Waals surface area (Å²) in [7, 11) is 0. The van der Waals surface area contributed by atoms with Crippen LogP contribution in [-0.4, -0.2) is 47.9 Å². The van der Waals surface area contributed by atoms with E-state index in [2.05, 4.69) is 32.5 Å². The number of hydrogen-bond donors (Lipinski definition) is 2. The Morgan fingerprint density at radius 2 is 1.57 bits per heavy atom. The highest BCUT2D eigenvalue weighted by molar-refractivity contribution is 5.35. The van der Waals surface area contributed by atoms with Crippen LogP contribution in [0.4, 0.5) is 11.9 Å². The Morgan fingerprint density at radius 3 is 2.19 bits per heavy atom. The van der Waals surface area contributed by atoms with Crippen LogP contribution in [0.1, 0.15) is 40.0 Å². The molecule has 7 heteroatoms. The molecule has 0 aliphatic heterocycles. The van der Waals surface area contributed by atoms with Crippen LogP contribution in [0.3, 0.4) is 0 Å². The highest BCUT2D eigenvalue weighted by Gasteiger charge is 2.06. The van der Waals surface area contributed by atoms with Gasteiger partial charge in [-0.05, 0) is 26.2 Å². The lowest BCUT2D eigenvalue weighted by Gasteiger charge is -2.10. The summed E-state index contributed by atoms with van der Waals surface area (Å²) in [5.41, 5.74) is 0. The molecule has 0 aliphatic rings. The van der Waals surface area contributed by atoms with E-state index in [1.54, 1.807) is 0 Å². The molecule has 1 heterocycles. The molecule has 1 rings (SSSR count). The van der Waals surface area contributed by atoms with Gasteiger partial charge in [0.2, 0.25) is 11.9 Å². The van der Waals surface area contributed by atoms with Crippen molar-refractivity contribution in [1.82, 2.24) is 15.0 Å². The number of ether oxygens (including phenoxy) is 2. The van der Waals surface area contributed by atoms with Gasteiger partial charge in [0, 0.05) is 26.3 Å². The van der Waals surface area contributed by atoms with Gasteiger partial charge in [0.1, 0.15) is 0 Å². The van der Waals surface area contributed by atoms with Gasteiger partial charge in [-0.2, -0.15) is 15.0 Å². The molecule has 2 N–H and O–H groups in total. The SMILES string of the molecule is CCCNc1nc(NCCCOCC)nc(OCCC)n1. The Labute approximate surface area is 126 Å². The fourth-order valence-corrected chi connectivity index (χ4v) is 1.53. The number of hydrogen-bond acceptors (Lipinski definition) is 7. The van der Waals surface area contributed by atoms with Crippen molar-refractivity contribution in [3.63, 3.8) is 0 Å². The molecular formula is C14H27N5O2. The molecule has 0 amide bonds. The normalized spacial score (nSPS) is 10.4. The molecule has 7 nitrogen and oxygen atoms in total. The highest BCUT2D eigenvalue weighted by atomic mass is 16.5. The minimum Gasteiger partial charge on any atom is -0.463 e. The lowest BCUT2D eigenvalue weighted by molar-refractivity contribution is 0.147. The van der Waals surface area contributed by atoms with Crippen molar-refractivity contribution in [2.45, 2.75) is 40.0 Å². The van der Waals surface area contributed by atoms with Gasteiger partial charge in [0.05, 0.1) is 6.61 Å². The van der Waals surface area contributed by atoms with Gasteiger partial charge in [-0.15, -0.1) is 0 Å². The molecule has 1 aromatic heterocycles. The Hall–Kier alpha value is -1.63. The Morgan fingerprint density at radius 1 is 0.857 bits per heavy atom. The third-order valence-electron chi connectivity index (χ3n) is 2.54. The summed E-state index contributed by atoms with van der Waals surface area (Å²) in [6.45, 7) is 9.77. The van der Waals surface area contributed by atoms with Crippen LogP contribution in [0, 0.1) is 0 Å². The lowest BCUT2D eigenvalue weighted by atomic mass is 10.4. The smallest absolute Gasteiger partial charge is 0.323 e. The van der Waals surface area contributed by atoms with Crippen LogP contribution in [0.15, 0.2) is 0 Å². The van der Waals surface area contributed by atoms with E-state index in [1.807, 2.05) is 13.8 Å². The first-order valence-corrected chi connectivity index (χ1v) is 7.74. The second-order valence-electron chi connectivity index (χ2n) is 4.52. The van der Waals surface area contributed by atoms with E-state index in [1.165, 1.54) is 0 Å². The van der Waals surface area contributed by atoms with Crippen molar-refractivity contribution in [2.24, 2.45) is 0 Å². The summed E-state index contributed by atoms with van der Waals surface area (Å²) in [6.07, 6.45) is 2.83. The third kappa shape index (κ3) is 7.65. The molecule has 0 unspecified atom stereocenters. The first-order chi connectivity index (χ1) is 10.3. The topological polar surface area (TPSA) is 81.2 Å². The number of nitrogens with one attached hydrogen (secondary N) is 2. The zero-order valence-corrected chi connectivity index (χ0v) is 13.3. The van der Waals surface area contributed by atoms with E-state index < -0.39 is 0 Å². The monoisotopic (exact) mass is 297 g/mol. The van der Waals surface area contributed by atoms with Gasteiger partial charge in [0.25, 0.3) is 0 Å². The molecule has 0 spiro atoms. The van der Waals surface area contributed by atoms with Crippen LogP contribution in [0.25, 0.3) is 0 Å². The molecular weight excluding hydrogens is 270 g/mol. The largest absolute Gasteiger partial charge is 0.463 e. The molecule has 0 bridgehead atoms. The van der Waals surface area contributed by atoms with Crippen molar-refractivity contribution < 1.29 is 9.47 Å². The van der Waals surface area contributed by atoms with Crippen molar-refractivity contribution in [2.75, 3.05) is 43.5 Å². The molecule has 0 fully saturated rings. The second-order valence-corrected chi connectivity index (χ2v) is 4.52. The van der Waals surface area contributed by atoms with E-state index in [-0.39, 0.29) is 0 Å². The van der Waals surface area contributed by atoms with E-state index in [0.717, 1.165) is 45.6 Å². The van der Waals surface area contributed by atoms with Crippen LogP contribution in [0.2, 0.25) is 0 Å². The maximum absolute atomic E-state index is 5.49. The average molecular weight is 297 g/mol. The van der Waals surface area contributed by atoms with E-state index in [4.69, 9.17) is 9.47 Å². The molecule has 0 aliphatic carbocycles. The molecule has 0 radical (unpaired) electrons.